The van der Waals surface area contributed by atoms with Crippen LogP contribution in [-0.4, -0.2) is 5.97 Å². The molecule has 5 heteroatoms. The van der Waals surface area contributed by atoms with Crippen molar-refractivity contribution in [3.63, 3.8) is 0 Å². The van der Waals surface area contributed by atoms with E-state index in [4.69, 9.17) is 33.7 Å². The number of nitrogens with two attached hydrogens (primary N) is 1. The van der Waals surface area contributed by atoms with Crippen LogP contribution in [0.4, 0.5) is 5.69 Å². The van der Waals surface area contributed by atoms with Crippen molar-refractivity contribution in [2.45, 2.75) is 13.5 Å². The number of hydrogen-bond acceptors (Lipinski definition) is 3. The molecule has 0 aliphatic heterocycles. The molecule has 0 fully saturated rings. The molecule has 0 aliphatic carbocycles. The van der Waals surface area contributed by atoms with E-state index in [1.807, 2.05) is 0 Å². The highest BCUT2D eigenvalue weighted by Gasteiger charge is 2.14. The van der Waals surface area contributed by atoms with E-state index >= 15 is 0 Å². The lowest BCUT2D eigenvalue weighted by molar-refractivity contribution is 0.0473. The van der Waals surface area contributed by atoms with Crippen LogP contribution in [0, 0.1) is 6.92 Å². The first-order chi connectivity index (χ1) is 9.49. The van der Waals surface area contributed by atoms with Gasteiger partial charge in [-0.15, -0.1) is 0 Å². The zero-order valence-corrected chi connectivity index (χ0v) is 12.3. The van der Waals surface area contributed by atoms with Gasteiger partial charge >= 0.3 is 5.97 Å². The van der Waals surface area contributed by atoms with E-state index in [0.29, 0.717) is 26.9 Å². The van der Waals surface area contributed by atoms with Crippen molar-refractivity contribution in [3.8, 4) is 0 Å². The van der Waals surface area contributed by atoms with E-state index in [1.54, 1.807) is 43.3 Å². The van der Waals surface area contributed by atoms with E-state index in [-0.39, 0.29) is 6.61 Å². The Bertz CT molecular complexity index is 636. The molecule has 0 atom stereocenters. The van der Waals surface area contributed by atoms with Crippen LogP contribution in [0.25, 0.3) is 0 Å². The topological polar surface area (TPSA) is 52.3 Å². The third kappa shape index (κ3) is 3.24. The highest BCUT2D eigenvalue weighted by atomic mass is 35.5. The lowest BCUT2D eigenvalue weighted by Crippen LogP contribution is -2.10. The second-order valence-corrected chi connectivity index (χ2v) is 5.19. The van der Waals surface area contributed by atoms with Gasteiger partial charge in [0.2, 0.25) is 0 Å². The fraction of sp³-hybridized carbons (Fsp3) is 0.133. The van der Waals surface area contributed by atoms with E-state index in [0.717, 1.165) is 5.56 Å². The van der Waals surface area contributed by atoms with Crippen molar-refractivity contribution in [2.75, 3.05) is 5.73 Å². The third-order valence-electron chi connectivity index (χ3n) is 2.88. The van der Waals surface area contributed by atoms with Gasteiger partial charge in [-0.25, -0.2) is 4.79 Å². The quantitative estimate of drug-likeness (QED) is 0.681. The summed E-state index contributed by atoms with van der Waals surface area (Å²) in [5.41, 5.74) is 8.00. The number of carbonyl (C=O) groups excluding carboxylic acids is 1. The van der Waals surface area contributed by atoms with Crippen LogP contribution in [0.5, 0.6) is 0 Å². The van der Waals surface area contributed by atoms with E-state index in [2.05, 4.69) is 0 Å². The van der Waals surface area contributed by atoms with Crippen molar-refractivity contribution in [1.82, 2.24) is 0 Å². The Labute approximate surface area is 127 Å². The molecule has 2 aromatic rings. The number of aryl methyl sites for hydroxylation is 1. The van der Waals surface area contributed by atoms with Crippen LogP contribution >= 0.6 is 23.2 Å². The minimum absolute atomic E-state index is 0.0476. The lowest BCUT2D eigenvalue weighted by atomic mass is 10.1. The van der Waals surface area contributed by atoms with Crippen molar-refractivity contribution in [2.24, 2.45) is 0 Å². The number of halogens is 2. The average Bonchev–Trinajstić information content (AvgIpc) is 2.39. The molecule has 0 aromatic heterocycles. The predicted molar refractivity (Wildman–Crippen MR) is 81.2 cm³/mol. The summed E-state index contributed by atoms with van der Waals surface area (Å²) in [5, 5.41) is 1.04. The molecule has 2 N–H and O–H groups in total. The summed E-state index contributed by atoms with van der Waals surface area (Å²) < 4.78 is 5.25. The maximum absolute atomic E-state index is 12.1. The third-order valence-corrected chi connectivity index (χ3v) is 3.48. The van der Waals surface area contributed by atoms with E-state index < -0.39 is 5.97 Å². The molecule has 3 nitrogen and oxygen atoms in total. The highest BCUT2D eigenvalue weighted by molar-refractivity contribution is 6.33. The molecular weight excluding hydrogens is 297 g/mol. The minimum Gasteiger partial charge on any atom is -0.457 e. The van der Waals surface area contributed by atoms with Crippen LogP contribution in [0.3, 0.4) is 0 Å². The Morgan fingerprint density at radius 2 is 2.00 bits per heavy atom. The molecule has 2 rings (SSSR count). The molecule has 0 spiro atoms. The number of benzene rings is 2. The predicted octanol–water partition coefficient (Wildman–Crippen LogP) is 4.24. The Balaban J connectivity index is 2.15. The van der Waals surface area contributed by atoms with Crippen molar-refractivity contribution >= 4 is 34.9 Å². The number of esters is 1. The van der Waals surface area contributed by atoms with Crippen LogP contribution in [0.15, 0.2) is 36.4 Å². The van der Waals surface area contributed by atoms with Gasteiger partial charge in [0.05, 0.1) is 5.56 Å². The first kappa shape index (κ1) is 14.7. The first-order valence-electron chi connectivity index (χ1n) is 5.95. The number of nitrogen functional groups attached to an aromatic ring is 1. The number of hydrogen-bond donors (Lipinski definition) is 1. The molecule has 0 aliphatic rings. The molecule has 104 valence electrons. The second-order valence-electron chi connectivity index (χ2n) is 4.35. The Kier molecular flexibility index (Phi) is 4.53. The fourth-order valence-electron chi connectivity index (χ4n) is 1.84. The van der Waals surface area contributed by atoms with Gasteiger partial charge in [0.15, 0.2) is 0 Å². The maximum atomic E-state index is 12.1. The zero-order chi connectivity index (χ0) is 14.7. The summed E-state index contributed by atoms with van der Waals surface area (Å²) in [5.74, 6) is -0.475. The highest BCUT2D eigenvalue weighted by Crippen LogP contribution is 2.23. The number of carbonyl (C=O) groups is 1. The van der Waals surface area contributed by atoms with Gasteiger partial charge in [-0.2, -0.15) is 0 Å². The largest absolute Gasteiger partial charge is 0.457 e. The summed E-state index contributed by atoms with van der Waals surface area (Å²) in [6, 6.07) is 10.3. The molecule has 0 heterocycles. The van der Waals surface area contributed by atoms with Crippen LogP contribution in [-0.2, 0) is 11.3 Å². The standard InChI is InChI=1S/C15H13Cl2NO2/c1-9-3-2-4-13(18)14(9)15(19)20-8-10-7-11(16)5-6-12(10)17/h2-7H,8,18H2,1H3. The summed E-state index contributed by atoms with van der Waals surface area (Å²) in [6.45, 7) is 1.85. The molecule has 2 aromatic carbocycles. The second kappa shape index (κ2) is 6.16. The van der Waals surface area contributed by atoms with Gasteiger partial charge in [-0.3, -0.25) is 0 Å². The number of anilines is 1. The Hall–Kier alpha value is -1.71. The van der Waals surface area contributed by atoms with Gasteiger partial charge in [-0.05, 0) is 36.8 Å². The Morgan fingerprint density at radius 1 is 1.25 bits per heavy atom. The smallest absolute Gasteiger partial charge is 0.340 e. The maximum Gasteiger partial charge on any atom is 0.340 e. The monoisotopic (exact) mass is 309 g/mol. The number of ether oxygens (including phenoxy) is 1. The van der Waals surface area contributed by atoms with Crippen molar-refractivity contribution in [1.29, 1.82) is 0 Å². The molecule has 0 radical (unpaired) electrons. The summed E-state index contributed by atoms with van der Waals surface area (Å²) >= 11 is 11.9. The Morgan fingerprint density at radius 3 is 2.70 bits per heavy atom. The van der Waals surface area contributed by atoms with Crippen LogP contribution < -0.4 is 5.73 Å². The minimum atomic E-state index is -0.475. The molecule has 0 unspecified atom stereocenters. The van der Waals surface area contributed by atoms with Gasteiger partial charge in [-0.1, -0.05) is 35.3 Å². The van der Waals surface area contributed by atoms with Gasteiger partial charge < -0.3 is 10.5 Å². The van der Waals surface area contributed by atoms with Crippen LogP contribution in [0.1, 0.15) is 21.5 Å². The molecule has 0 amide bonds. The first-order valence-corrected chi connectivity index (χ1v) is 6.71. The number of rotatable bonds is 3. The molecule has 20 heavy (non-hydrogen) atoms. The molecular formula is C15H13Cl2NO2. The molecule has 0 saturated carbocycles. The van der Waals surface area contributed by atoms with Gasteiger partial charge in [0.1, 0.15) is 6.61 Å². The fourth-order valence-corrected chi connectivity index (χ4v) is 2.21. The van der Waals surface area contributed by atoms with E-state index in [9.17, 15) is 4.79 Å². The van der Waals surface area contributed by atoms with Crippen molar-refractivity contribution in [3.05, 3.63) is 63.1 Å². The van der Waals surface area contributed by atoms with Crippen LogP contribution in [0.2, 0.25) is 10.0 Å². The molecule has 0 bridgehead atoms. The van der Waals surface area contributed by atoms with E-state index in [1.165, 1.54) is 0 Å². The lowest BCUT2D eigenvalue weighted by Gasteiger charge is -2.10. The van der Waals surface area contributed by atoms with Crippen molar-refractivity contribution < 1.29 is 9.53 Å². The van der Waals surface area contributed by atoms with Gasteiger partial charge in [0.25, 0.3) is 0 Å². The summed E-state index contributed by atoms with van der Waals surface area (Å²) in [7, 11) is 0. The van der Waals surface area contributed by atoms with Gasteiger partial charge in [0, 0.05) is 21.3 Å². The molecule has 0 saturated heterocycles. The summed E-state index contributed by atoms with van der Waals surface area (Å²) in [4.78, 5) is 12.1. The SMILES string of the molecule is Cc1cccc(N)c1C(=O)OCc1cc(Cl)ccc1Cl. The normalized spacial score (nSPS) is 10.3. The summed E-state index contributed by atoms with van der Waals surface area (Å²) in [6.07, 6.45) is 0. The average molecular weight is 310 g/mol. The zero-order valence-electron chi connectivity index (χ0n) is 10.8.